The molecule has 0 radical (unpaired) electrons. The van der Waals surface area contributed by atoms with Crippen molar-refractivity contribution in [2.75, 3.05) is 38.8 Å². The van der Waals surface area contributed by atoms with Gasteiger partial charge in [0, 0.05) is 55.8 Å². The smallest absolute Gasteiger partial charge is 0.222 e. The molecule has 2 atom stereocenters. The van der Waals surface area contributed by atoms with Crippen molar-refractivity contribution >= 4 is 29.5 Å². The summed E-state index contributed by atoms with van der Waals surface area (Å²) in [6.45, 7) is 5.92. The van der Waals surface area contributed by atoms with Crippen LogP contribution in [-0.4, -0.2) is 57.0 Å². The van der Waals surface area contributed by atoms with E-state index < -0.39 is 0 Å². The molecule has 26 heavy (non-hydrogen) atoms. The van der Waals surface area contributed by atoms with Crippen LogP contribution in [0.25, 0.3) is 0 Å². The lowest BCUT2D eigenvalue weighted by atomic mass is 10.1. The van der Waals surface area contributed by atoms with Gasteiger partial charge in [-0.2, -0.15) is 0 Å². The maximum atomic E-state index is 12.4. The van der Waals surface area contributed by atoms with E-state index >= 15 is 0 Å². The number of halogens is 1. The largest absolute Gasteiger partial charge is 0.495 e. The second-order valence-electron chi connectivity index (χ2n) is 6.70. The normalized spacial score (nSPS) is 18.4. The summed E-state index contributed by atoms with van der Waals surface area (Å²) in [6, 6.07) is 3.93. The molecule has 0 aromatic heterocycles. The number of rotatable bonds is 7. The number of aldehydes is 1. The predicted octanol–water partition coefficient (Wildman–Crippen LogP) is 3.01. The number of amides is 1. The molecule has 1 amide bonds. The van der Waals surface area contributed by atoms with Crippen LogP contribution in [0.3, 0.4) is 0 Å². The van der Waals surface area contributed by atoms with Gasteiger partial charge in [-0.05, 0) is 13.3 Å². The summed E-state index contributed by atoms with van der Waals surface area (Å²) in [4.78, 5) is 27.2. The highest BCUT2D eigenvalue weighted by atomic mass is 35.5. The molecule has 1 fully saturated rings. The molecule has 1 aliphatic heterocycles. The molecule has 2 rings (SSSR count). The predicted molar refractivity (Wildman–Crippen MR) is 102 cm³/mol. The summed E-state index contributed by atoms with van der Waals surface area (Å²) >= 11 is 6.25. The van der Waals surface area contributed by atoms with Crippen LogP contribution in [0.5, 0.6) is 11.5 Å². The third-order valence-corrected chi connectivity index (χ3v) is 5.16. The average Bonchev–Trinajstić information content (AvgIpc) is 2.65. The molecule has 1 heterocycles. The molecule has 6 nitrogen and oxygen atoms in total. The van der Waals surface area contributed by atoms with E-state index in [-0.39, 0.29) is 17.9 Å². The second-order valence-corrected chi connectivity index (χ2v) is 7.08. The van der Waals surface area contributed by atoms with Crippen LogP contribution in [0.2, 0.25) is 5.02 Å². The maximum absolute atomic E-state index is 12.4. The van der Waals surface area contributed by atoms with Gasteiger partial charge in [0.05, 0.1) is 14.2 Å². The van der Waals surface area contributed by atoms with E-state index in [1.165, 1.54) is 0 Å². The Kier molecular flexibility index (Phi) is 7.14. The molecule has 0 bridgehead atoms. The van der Waals surface area contributed by atoms with Crippen molar-refractivity contribution in [3.63, 3.8) is 0 Å². The van der Waals surface area contributed by atoms with Crippen molar-refractivity contribution < 1.29 is 19.1 Å². The minimum Gasteiger partial charge on any atom is -0.495 e. The van der Waals surface area contributed by atoms with Gasteiger partial charge in [-0.25, -0.2) is 0 Å². The van der Waals surface area contributed by atoms with Gasteiger partial charge in [0.25, 0.3) is 0 Å². The molecule has 7 heteroatoms. The molecular weight excluding hydrogens is 356 g/mol. The molecule has 1 aromatic carbocycles. The molecule has 0 saturated carbocycles. The third kappa shape index (κ3) is 4.61. The quantitative estimate of drug-likeness (QED) is 0.678. The topological polar surface area (TPSA) is 59.1 Å². The first kappa shape index (κ1) is 20.4. The number of anilines is 1. The average molecular weight is 383 g/mol. The summed E-state index contributed by atoms with van der Waals surface area (Å²) in [5.41, 5.74) is 0.956. The lowest BCUT2D eigenvalue weighted by Gasteiger charge is -2.41. The lowest BCUT2D eigenvalue weighted by molar-refractivity contribution is -0.132. The lowest BCUT2D eigenvalue weighted by Crippen LogP contribution is -2.53. The van der Waals surface area contributed by atoms with Crippen LogP contribution < -0.4 is 14.4 Å². The minimum atomic E-state index is -0.0772. The van der Waals surface area contributed by atoms with E-state index in [1.807, 2.05) is 24.0 Å². The van der Waals surface area contributed by atoms with E-state index in [0.29, 0.717) is 49.0 Å². The van der Waals surface area contributed by atoms with Crippen LogP contribution in [0.1, 0.15) is 26.7 Å². The fourth-order valence-electron chi connectivity index (χ4n) is 3.17. The van der Waals surface area contributed by atoms with Crippen molar-refractivity contribution in [1.82, 2.24) is 4.90 Å². The van der Waals surface area contributed by atoms with Crippen LogP contribution in [-0.2, 0) is 9.59 Å². The summed E-state index contributed by atoms with van der Waals surface area (Å²) in [5, 5.41) is 0.449. The first-order chi connectivity index (χ1) is 12.4. The van der Waals surface area contributed by atoms with Crippen LogP contribution in [0.4, 0.5) is 5.69 Å². The Morgan fingerprint density at radius 1 is 1.31 bits per heavy atom. The zero-order chi connectivity index (χ0) is 19.3. The Balaban J connectivity index is 2.07. The van der Waals surface area contributed by atoms with Gasteiger partial charge in [-0.1, -0.05) is 18.5 Å². The van der Waals surface area contributed by atoms with Gasteiger partial charge >= 0.3 is 0 Å². The number of ether oxygens (including phenoxy) is 2. The van der Waals surface area contributed by atoms with Crippen LogP contribution in [0, 0.1) is 5.92 Å². The molecule has 1 aromatic rings. The maximum Gasteiger partial charge on any atom is 0.222 e. The number of hydrogen-bond donors (Lipinski definition) is 0. The molecule has 1 aliphatic rings. The van der Waals surface area contributed by atoms with E-state index in [0.717, 1.165) is 12.0 Å². The minimum absolute atomic E-state index is 0.0772. The number of hydrogen-bond acceptors (Lipinski definition) is 5. The first-order valence-corrected chi connectivity index (χ1v) is 9.20. The van der Waals surface area contributed by atoms with Crippen molar-refractivity contribution in [2.45, 2.75) is 32.7 Å². The Labute approximate surface area is 160 Å². The number of carbonyl (C=O) groups excluding carboxylic acids is 2. The van der Waals surface area contributed by atoms with Gasteiger partial charge < -0.3 is 24.1 Å². The van der Waals surface area contributed by atoms with E-state index in [4.69, 9.17) is 21.1 Å². The summed E-state index contributed by atoms with van der Waals surface area (Å²) in [7, 11) is 3.15. The number of nitrogens with zero attached hydrogens (tertiary/aromatic N) is 2. The van der Waals surface area contributed by atoms with Crippen LogP contribution >= 0.6 is 11.6 Å². The monoisotopic (exact) mass is 382 g/mol. The van der Waals surface area contributed by atoms with Gasteiger partial charge in [0.15, 0.2) is 0 Å². The van der Waals surface area contributed by atoms with Crippen molar-refractivity contribution in [3.8, 4) is 11.5 Å². The third-order valence-electron chi connectivity index (χ3n) is 4.79. The molecule has 1 saturated heterocycles. The fourth-order valence-corrected chi connectivity index (χ4v) is 3.43. The van der Waals surface area contributed by atoms with Crippen molar-refractivity contribution in [3.05, 3.63) is 17.2 Å². The number of piperazine rings is 1. The second kappa shape index (κ2) is 9.12. The Hall–Kier alpha value is -1.95. The van der Waals surface area contributed by atoms with E-state index in [9.17, 15) is 9.59 Å². The van der Waals surface area contributed by atoms with Gasteiger partial charge in [-0.15, -0.1) is 0 Å². The number of carbonyl (C=O) groups is 2. The Morgan fingerprint density at radius 3 is 2.42 bits per heavy atom. The summed E-state index contributed by atoms with van der Waals surface area (Å²) < 4.78 is 10.7. The summed E-state index contributed by atoms with van der Waals surface area (Å²) in [6.07, 6.45) is 1.91. The van der Waals surface area contributed by atoms with Crippen molar-refractivity contribution in [1.29, 1.82) is 0 Å². The standard InChI is InChI=1S/C19H27ClN2O4/c1-13(12-23)5-6-18(24)21-7-8-22(14(2)11-21)15-9-16(25-3)19(20)17(10-15)26-4/h9-10,12-14H,5-8,11H2,1-4H3/t13?,14-/m0/s1. The highest BCUT2D eigenvalue weighted by Crippen LogP contribution is 2.39. The molecule has 0 spiro atoms. The van der Waals surface area contributed by atoms with Gasteiger partial charge in [0.1, 0.15) is 22.8 Å². The first-order valence-electron chi connectivity index (χ1n) is 8.82. The fraction of sp³-hybridized carbons (Fsp3) is 0.579. The SMILES string of the molecule is COc1cc(N2CCN(C(=O)CCC(C)C=O)C[C@@H]2C)cc(OC)c1Cl. The summed E-state index contributed by atoms with van der Waals surface area (Å²) in [5.74, 6) is 1.16. The van der Waals surface area contributed by atoms with Crippen molar-refractivity contribution in [2.24, 2.45) is 5.92 Å². The molecule has 1 unspecified atom stereocenters. The molecular formula is C19H27ClN2O4. The molecule has 0 N–H and O–H groups in total. The zero-order valence-corrected chi connectivity index (χ0v) is 16.6. The number of benzene rings is 1. The Morgan fingerprint density at radius 2 is 1.92 bits per heavy atom. The molecule has 144 valence electrons. The van der Waals surface area contributed by atoms with Crippen LogP contribution in [0.15, 0.2) is 12.1 Å². The number of methoxy groups -OCH3 is 2. The highest BCUT2D eigenvalue weighted by Gasteiger charge is 2.28. The van der Waals surface area contributed by atoms with E-state index in [1.54, 1.807) is 14.2 Å². The van der Waals surface area contributed by atoms with E-state index in [2.05, 4.69) is 11.8 Å². The highest BCUT2D eigenvalue weighted by molar-refractivity contribution is 6.33. The van der Waals surface area contributed by atoms with Gasteiger partial charge in [-0.3, -0.25) is 4.79 Å². The van der Waals surface area contributed by atoms with Gasteiger partial charge in [0.2, 0.25) is 5.91 Å². The molecule has 0 aliphatic carbocycles. The zero-order valence-electron chi connectivity index (χ0n) is 15.8. The Bertz CT molecular complexity index is 627.